The molecule has 1 aliphatic carbocycles. The summed E-state index contributed by atoms with van der Waals surface area (Å²) < 4.78 is 0. The van der Waals surface area contributed by atoms with Crippen molar-refractivity contribution >= 4 is 0 Å². The van der Waals surface area contributed by atoms with Gasteiger partial charge in [-0.1, -0.05) is 32.1 Å². The van der Waals surface area contributed by atoms with Crippen molar-refractivity contribution in [2.24, 2.45) is 5.92 Å². The number of rotatable bonds is 5. The largest absolute Gasteiger partial charge is 0.311 e. The smallest absolute Gasteiger partial charge is 0.0724 e. The van der Waals surface area contributed by atoms with Crippen molar-refractivity contribution in [1.29, 1.82) is 0 Å². The van der Waals surface area contributed by atoms with Crippen LogP contribution >= 0.6 is 0 Å². The number of aryl methyl sites for hydroxylation is 1. The molecule has 0 bridgehead atoms. The van der Waals surface area contributed by atoms with Gasteiger partial charge in [-0.25, -0.2) is 0 Å². The highest BCUT2D eigenvalue weighted by Crippen LogP contribution is 2.25. The van der Waals surface area contributed by atoms with Gasteiger partial charge in [-0.15, -0.1) is 0 Å². The Morgan fingerprint density at radius 3 is 2.71 bits per heavy atom. The average molecular weight is 233 g/mol. The Hall–Kier alpha value is -0.960. The van der Waals surface area contributed by atoms with Crippen LogP contribution in [0.1, 0.15) is 49.9 Å². The highest BCUT2D eigenvalue weighted by atomic mass is 14.9. The van der Waals surface area contributed by atoms with Gasteiger partial charge in [-0.3, -0.25) is 9.97 Å². The van der Waals surface area contributed by atoms with E-state index in [2.05, 4.69) is 15.3 Å². The number of nitrogens with zero attached hydrogens (tertiary/aromatic N) is 2. The monoisotopic (exact) mass is 233 g/mol. The van der Waals surface area contributed by atoms with Gasteiger partial charge in [0.05, 0.1) is 11.4 Å². The molecule has 0 amide bonds. The Balaban J connectivity index is 1.60. The van der Waals surface area contributed by atoms with Crippen molar-refractivity contribution in [2.75, 3.05) is 6.54 Å². The van der Waals surface area contributed by atoms with Gasteiger partial charge in [-0.2, -0.15) is 0 Å². The number of hydrogen-bond donors (Lipinski definition) is 1. The molecule has 0 saturated heterocycles. The molecule has 0 unspecified atom stereocenters. The molecule has 1 aromatic rings. The van der Waals surface area contributed by atoms with Gasteiger partial charge in [0.1, 0.15) is 0 Å². The lowest BCUT2D eigenvalue weighted by Crippen LogP contribution is -2.19. The zero-order chi connectivity index (χ0) is 11.9. The maximum absolute atomic E-state index is 4.34. The Labute approximate surface area is 104 Å². The summed E-state index contributed by atoms with van der Waals surface area (Å²) in [5.74, 6) is 0.959. The van der Waals surface area contributed by atoms with Gasteiger partial charge in [0.15, 0.2) is 0 Å². The van der Waals surface area contributed by atoms with Crippen molar-refractivity contribution in [3.63, 3.8) is 0 Å². The van der Waals surface area contributed by atoms with Gasteiger partial charge in [-0.05, 0) is 25.8 Å². The Bertz CT molecular complexity index is 315. The second-order valence-electron chi connectivity index (χ2n) is 5.12. The molecule has 17 heavy (non-hydrogen) atoms. The van der Waals surface area contributed by atoms with E-state index in [-0.39, 0.29) is 0 Å². The van der Waals surface area contributed by atoms with Gasteiger partial charge in [0.2, 0.25) is 0 Å². The highest BCUT2D eigenvalue weighted by Gasteiger charge is 2.12. The van der Waals surface area contributed by atoms with Crippen LogP contribution in [-0.4, -0.2) is 16.5 Å². The predicted molar refractivity (Wildman–Crippen MR) is 69.7 cm³/mol. The van der Waals surface area contributed by atoms with Crippen LogP contribution in [0.2, 0.25) is 0 Å². The lowest BCUT2D eigenvalue weighted by molar-refractivity contribution is 0.333. The number of nitrogens with one attached hydrogen (secondary N) is 1. The van der Waals surface area contributed by atoms with Crippen LogP contribution in [0.4, 0.5) is 0 Å². The second kappa shape index (κ2) is 6.70. The van der Waals surface area contributed by atoms with E-state index in [1.54, 1.807) is 0 Å². The average Bonchev–Trinajstić information content (AvgIpc) is 2.38. The second-order valence-corrected chi connectivity index (χ2v) is 5.12. The van der Waals surface area contributed by atoms with Crippen molar-refractivity contribution in [1.82, 2.24) is 15.3 Å². The summed E-state index contributed by atoms with van der Waals surface area (Å²) in [4.78, 5) is 8.58. The fourth-order valence-electron chi connectivity index (χ4n) is 2.51. The summed E-state index contributed by atoms with van der Waals surface area (Å²) in [5.41, 5.74) is 2.02. The van der Waals surface area contributed by atoms with Gasteiger partial charge in [0.25, 0.3) is 0 Å². The SMILES string of the molecule is Cc1cnc(CNCCC2CCCCC2)cn1. The lowest BCUT2D eigenvalue weighted by atomic mass is 9.87. The zero-order valence-corrected chi connectivity index (χ0v) is 10.8. The van der Waals surface area contributed by atoms with Crippen LogP contribution in [0.25, 0.3) is 0 Å². The van der Waals surface area contributed by atoms with Crippen LogP contribution in [0.5, 0.6) is 0 Å². The molecule has 1 saturated carbocycles. The van der Waals surface area contributed by atoms with E-state index >= 15 is 0 Å². The van der Waals surface area contributed by atoms with Crippen LogP contribution in [0.3, 0.4) is 0 Å². The van der Waals surface area contributed by atoms with E-state index in [4.69, 9.17) is 0 Å². The third-order valence-corrected chi connectivity index (χ3v) is 3.59. The van der Waals surface area contributed by atoms with E-state index in [1.807, 2.05) is 19.3 Å². The molecule has 1 heterocycles. The summed E-state index contributed by atoms with van der Waals surface area (Å²) in [7, 11) is 0. The minimum absolute atomic E-state index is 0.847. The Kier molecular flexibility index (Phi) is 4.92. The normalized spacial score (nSPS) is 17.2. The van der Waals surface area contributed by atoms with Gasteiger partial charge < -0.3 is 5.32 Å². The van der Waals surface area contributed by atoms with Crippen LogP contribution in [-0.2, 0) is 6.54 Å². The van der Waals surface area contributed by atoms with Crippen LogP contribution < -0.4 is 5.32 Å². The third-order valence-electron chi connectivity index (χ3n) is 3.59. The molecule has 0 aliphatic heterocycles. The lowest BCUT2D eigenvalue weighted by Gasteiger charge is -2.21. The Morgan fingerprint density at radius 2 is 2.00 bits per heavy atom. The summed E-state index contributed by atoms with van der Waals surface area (Å²) in [6, 6.07) is 0. The fourth-order valence-corrected chi connectivity index (χ4v) is 2.51. The first-order valence-corrected chi connectivity index (χ1v) is 6.83. The molecule has 1 aliphatic rings. The standard InChI is InChI=1S/C14H23N3/c1-12-9-17-14(11-16-12)10-15-8-7-13-5-3-2-4-6-13/h9,11,13,15H,2-8,10H2,1H3. The molecule has 3 nitrogen and oxygen atoms in total. The van der Waals surface area contributed by atoms with E-state index in [0.717, 1.165) is 30.4 Å². The van der Waals surface area contributed by atoms with E-state index in [1.165, 1.54) is 38.5 Å². The van der Waals surface area contributed by atoms with E-state index in [0.29, 0.717) is 0 Å². The maximum Gasteiger partial charge on any atom is 0.0724 e. The van der Waals surface area contributed by atoms with E-state index in [9.17, 15) is 0 Å². The molecule has 1 N–H and O–H groups in total. The van der Waals surface area contributed by atoms with Crippen molar-refractivity contribution in [3.05, 3.63) is 23.8 Å². The number of hydrogen-bond acceptors (Lipinski definition) is 3. The molecule has 0 atom stereocenters. The number of aromatic nitrogens is 2. The van der Waals surface area contributed by atoms with E-state index < -0.39 is 0 Å². The Morgan fingerprint density at radius 1 is 1.18 bits per heavy atom. The highest BCUT2D eigenvalue weighted by molar-refractivity contribution is 5.00. The minimum atomic E-state index is 0.847. The van der Waals surface area contributed by atoms with Crippen molar-refractivity contribution < 1.29 is 0 Å². The molecule has 2 rings (SSSR count). The molecule has 0 aromatic carbocycles. The first-order chi connectivity index (χ1) is 8.34. The van der Waals surface area contributed by atoms with Crippen LogP contribution in [0.15, 0.2) is 12.4 Å². The summed E-state index contributed by atoms with van der Waals surface area (Å²) in [6.07, 6.45) is 12.2. The minimum Gasteiger partial charge on any atom is -0.311 e. The quantitative estimate of drug-likeness (QED) is 0.795. The molecule has 3 heteroatoms. The first-order valence-electron chi connectivity index (χ1n) is 6.83. The molecule has 1 aromatic heterocycles. The topological polar surface area (TPSA) is 37.8 Å². The molecular weight excluding hydrogens is 210 g/mol. The molecule has 94 valence electrons. The predicted octanol–water partition coefficient (Wildman–Crippen LogP) is 2.85. The summed E-state index contributed by atoms with van der Waals surface area (Å²) >= 11 is 0. The summed E-state index contributed by atoms with van der Waals surface area (Å²) in [6.45, 7) is 3.92. The third kappa shape index (κ3) is 4.43. The fraction of sp³-hybridized carbons (Fsp3) is 0.714. The van der Waals surface area contributed by atoms with Crippen molar-refractivity contribution in [3.8, 4) is 0 Å². The molecule has 0 spiro atoms. The molecule has 1 fully saturated rings. The van der Waals surface area contributed by atoms with Crippen molar-refractivity contribution in [2.45, 2.75) is 52.0 Å². The maximum atomic E-state index is 4.34. The summed E-state index contributed by atoms with van der Waals surface area (Å²) in [5, 5.41) is 3.47. The van der Waals surface area contributed by atoms with Gasteiger partial charge >= 0.3 is 0 Å². The molecular formula is C14H23N3. The first kappa shape index (κ1) is 12.5. The van der Waals surface area contributed by atoms with Crippen LogP contribution in [0, 0.1) is 12.8 Å². The molecule has 0 radical (unpaired) electrons. The van der Waals surface area contributed by atoms with Gasteiger partial charge in [0, 0.05) is 18.9 Å². The zero-order valence-electron chi connectivity index (χ0n) is 10.8.